The molecular formula is C8H12N2O. The minimum absolute atomic E-state index is 0.428. The maximum atomic E-state index is 9.43. The molecule has 0 aromatic carbocycles. The Balaban J connectivity index is 2.61. The highest BCUT2D eigenvalue weighted by Gasteiger charge is 2.05. The van der Waals surface area contributed by atoms with Crippen LogP contribution in [0.15, 0.2) is 18.6 Å². The molecule has 0 spiro atoms. The summed E-state index contributed by atoms with van der Waals surface area (Å²) in [6.07, 6.45) is 4.39. The fourth-order valence-corrected chi connectivity index (χ4v) is 0.919. The van der Waals surface area contributed by atoms with Gasteiger partial charge >= 0.3 is 0 Å². The molecule has 1 N–H and O–H groups in total. The Labute approximate surface area is 66.1 Å². The lowest BCUT2D eigenvalue weighted by Crippen LogP contribution is -1.99. The molecule has 1 atom stereocenters. The van der Waals surface area contributed by atoms with E-state index in [0.717, 1.165) is 12.8 Å². The van der Waals surface area contributed by atoms with Crippen molar-refractivity contribution in [3.63, 3.8) is 0 Å². The quantitative estimate of drug-likeness (QED) is 0.710. The van der Waals surface area contributed by atoms with Crippen LogP contribution in [0.25, 0.3) is 0 Å². The molecule has 0 radical (unpaired) electrons. The van der Waals surface area contributed by atoms with Crippen molar-refractivity contribution in [1.29, 1.82) is 0 Å². The van der Waals surface area contributed by atoms with Gasteiger partial charge in [-0.3, -0.25) is 0 Å². The Morgan fingerprint density at radius 1 is 1.64 bits per heavy atom. The predicted octanol–water partition coefficient (Wildman–Crippen LogP) is 1.31. The number of hydrogen-bond acceptors (Lipinski definition) is 3. The van der Waals surface area contributed by atoms with Crippen LogP contribution in [0.1, 0.15) is 31.6 Å². The van der Waals surface area contributed by atoms with Crippen molar-refractivity contribution in [2.24, 2.45) is 0 Å². The molecule has 1 rings (SSSR count). The summed E-state index contributed by atoms with van der Waals surface area (Å²) in [5, 5.41) is 9.43. The first-order valence-electron chi connectivity index (χ1n) is 3.78. The number of nitrogens with zero attached hydrogens (tertiary/aromatic N) is 2. The van der Waals surface area contributed by atoms with E-state index in [1.807, 2.05) is 6.92 Å². The minimum atomic E-state index is -0.428. The largest absolute Gasteiger partial charge is 0.387 e. The Morgan fingerprint density at radius 2 is 2.45 bits per heavy atom. The minimum Gasteiger partial charge on any atom is -0.387 e. The lowest BCUT2D eigenvalue weighted by Gasteiger charge is -2.06. The summed E-state index contributed by atoms with van der Waals surface area (Å²) in [6.45, 7) is 2.03. The first-order valence-corrected chi connectivity index (χ1v) is 3.78. The van der Waals surface area contributed by atoms with E-state index < -0.39 is 6.10 Å². The van der Waals surface area contributed by atoms with Crippen molar-refractivity contribution in [2.45, 2.75) is 25.9 Å². The van der Waals surface area contributed by atoms with Crippen molar-refractivity contribution in [1.82, 2.24) is 9.97 Å². The predicted molar refractivity (Wildman–Crippen MR) is 41.9 cm³/mol. The highest BCUT2D eigenvalue weighted by atomic mass is 16.3. The van der Waals surface area contributed by atoms with E-state index in [2.05, 4.69) is 9.97 Å². The van der Waals surface area contributed by atoms with Crippen LogP contribution >= 0.6 is 0 Å². The normalized spacial score (nSPS) is 12.9. The van der Waals surface area contributed by atoms with Crippen LogP contribution in [0.5, 0.6) is 0 Å². The van der Waals surface area contributed by atoms with E-state index in [4.69, 9.17) is 0 Å². The third-order valence-electron chi connectivity index (χ3n) is 1.51. The van der Waals surface area contributed by atoms with Crippen LogP contribution in [-0.2, 0) is 0 Å². The Bertz CT molecular complexity index is 201. The molecule has 0 aliphatic carbocycles. The molecule has 1 aromatic rings. The first kappa shape index (κ1) is 8.14. The third kappa shape index (κ3) is 2.27. The van der Waals surface area contributed by atoms with Gasteiger partial charge in [0.2, 0.25) is 0 Å². The number of aromatic nitrogens is 2. The molecule has 3 heteroatoms. The maximum Gasteiger partial charge on any atom is 0.115 e. The zero-order valence-corrected chi connectivity index (χ0v) is 6.57. The molecule has 0 aliphatic rings. The van der Waals surface area contributed by atoms with Crippen molar-refractivity contribution >= 4 is 0 Å². The highest BCUT2D eigenvalue weighted by molar-refractivity contribution is 5.01. The van der Waals surface area contributed by atoms with E-state index in [-0.39, 0.29) is 0 Å². The van der Waals surface area contributed by atoms with E-state index in [1.54, 1.807) is 12.3 Å². The fourth-order valence-electron chi connectivity index (χ4n) is 0.919. The molecule has 1 aromatic heterocycles. The summed E-state index contributed by atoms with van der Waals surface area (Å²) in [4.78, 5) is 7.70. The van der Waals surface area contributed by atoms with E-state index in [0.29, 0.717) is 5.69 Å². The molecule has 0 amide bonds. The average molecular weight is 152 g/mol. The van der Waals surface area contributed by atoms with E-state index in [9.17, 15) is 5.11 Å². The molecule has 1 heterocycles. The van der Waals surface area contributed by atoms with Crippen LogP contribution in [0.2, 0.25) is 0 Å². The molecule has 0 aliphatic heterocycles. The Hall–Kier alpha value is -0.960. The van der Waals surface area contributed by atoms with Gasteiger partial charge in [0.05, 0.1) is 11.8 Å². The van der Waals surface area contributed by atoms with Crippen molar-refractivity contribution in [2.75, 3.05) is 0 Å². The van der Waals surface area contributed by atoms with Gasteiger partial charge in [0.15, 0.2) is 0 Å². The highest BCUT2D eigenvalue weighted by Crippen LogP contribution is 2.13. The van der Waals surface area contributed by atoms with Crippen LogP contribution in [0, 0.1) is 0 Å². The van der Waals surface area contributed by atoms with Crippen LogP contribution in [0.4, 0.5) is 0 Å². The molecule has 0 fully saturated rings. The smallest absolute Gasteiger partial charge is 0.115 e. The van der Waals surface area contributed by atoms with Gasteiger partial charge in [-0.05, 0) is 12.5 Å². The lowest BCUT2D eigenvalue weighted by atomic mass is 10.1. The molecule has 0 saturated heterocycles. The third-order valence-corrected chi connectivity index (χ3v) is 1.51. The summed E-state index contributed by atoms with van der Waals surface area (Å²) in [6, 6.07) is 1.74. The second-order valence-electron chi connectivity index (χ2n) is 2.44. The molecule has 1 unspecified atom stereocenters. The molecule has 11 heavy (non-hydrogen) atoms. The van der Waals surface area contributed by atoms with Gasteiger partial charge in [-0.1, -0.05) is 13.3 Å². The zero-order chi connectivity index (χ0) is 8.10. The van der Waals surface area contributed by atoms with E-state index in [1.165, 1.54) is 6.33 Å². The topological polar surface area (TPSA) is 46.0 Å². The summed E-state index contributed by atoms with van der Waals surface area (Å²) < 4.78 is 0. The van der Waals surface area contributed by atoms with E-state index >= 15 is 0 Å². The lowest BCUT2D eigenvalue weighted by molar-refractivity contribution is 0.161. The van der Waals surface area contributed by atoms with Crippen molar-refractivity contribution in [3.8, 4) is 0 Å². The summed E-state index contributed by atoms with van der Waals surface area (Å²) in [7, 11) is 0. The van der Waals surface area contributed by atoms with Gasteiger partial charge < -0.3 is 5.11 Å². The Kier molecular flexibility index (Phi) is 2.98. The van der Waals surface area contributed by atoms with Gasteiger partial charge in [-0.25, -0.2) is 9.97 Å². The molecule has 0 bridgehead atoms. The van der Waals surface area contributed by atoms with Crippen molar-refractivity contribution < 1.29 is 5.11 Å². The number of aliphatic hydroxyl groups is 1. The number of aliphatic hydroxyl groups excluding tert-OH is 1. The summed E-state index contributed by atoms with van der Waals surface area (Å²) in [5.74, 6) is 0. The van der Waals surface area contributed by atoms with Gasteiger partial charge in [0, 0.05) is 6.20 Å². The van der Waals surface area contributed by atoms with Crippen LogP contribution in [0.3, 0.4) is 0 Å². The molecule has 0 saturated carbocycles. The Morgan fingerprint density at radius 3 is 3.00 bits per heavy atom. The molecular weight excluding hydrogens is 140 g/mol. The summed E-state index contributed by atoms with van der Waals surface area (Å²) >= 11 is 0. The number of hydrogen-bond donors (Lipinski definition) is 1. The SMILES string of the molecule is CCCC(O)c1ccncn1. The monoisotopic (exact) mass is 152 g/mol. The maximum absolute atomic E-state index is 9.43. The second kappa shape index (κ2) is 4.03. The van der Waals surface area contributed by atoms with Crippen LogP contribution < -0.4 is 0 Å². The van der Waals surface area contributed by atoms with Crippen molar-refractivity contribution in [3.05, 3.63) is 24.3 Å². The second-order valence-corrected chi connectivity index (χ2v) is 2.44. The zero-order valence-electron chi connectivity index (χ0n) is 6.57. The fraction of sp³-hybridized carbons (Fsp3) is 0.500. The first-order chi connectivity index (χ1) is 5.34. The van der Waals surface area contributed by atoms with Gasteiger partial charge in [0.1, 0.15) is 6.33 Å². The standard InChI is InChI=1S/C8H12N2O/c1-2-3-8(11)7-4-5-9-6-10-7/h4-6,8,11H,2-3H2,1H3. The van der Waals surface area contributed by atoms with Crippen LogP contribution in [-0.4, -0.2) is 15.1 Å². The van der Waals surface area contributed by atoms with Gasteiger partial charge in [-0.2, -0.15) is 0 Å². The molecule has 3 nitrogen and oxygen atoms in total. The molecule has 60 valence electrons. The summed E-state index contributed by atoms with van der Waals surface area (Å²) in [5.41, 5.74) is 0.710. The average Bonchev–Trinajstić information content (AvgIpc) is 2.07. The van der Waals surface area contributed by atoms with Gasteiger partial charge in [-0.15, -0.1) is 0 Å². The number of rotatable bonds is 3. The van der Waals surface area contributed by atoms with Gasteiger partial charge in [0.25, 0.3) is 0 Å².